The minimum absolute atomic E-state index is 0.0833. The number of oxime groups is 1. The van der Waals surface area contributed by atoms with E-state index in [0.29, 0.717) is 18.3 Å². The minimum Gasteiger partial charge on any atom is -0.454 e. The molecule has 0 unspecified atom stereocenters. The number of hydrogen-bond donors (Lipinski definition) is 0. The van der Waals surface area contributed by atoms with E-state index in [1.807, 2.05) is 13.8 Å². The van der Waals surface area contributed by atoms with Crippen LogP contribution >= 0.6 is 0 Å². The summed E-state index contributed by atoms with van der Waals surface area (Å²) in [6.07, 6.45) is 8.26. The zero-order chi connectivity index (χ0) is 21.0. The fraction of sp³-hybridized carbons (Fsp3) is 0.708. The third kappa shape index (κ3) is 3.17. The van der Waals surface area contributed by atoms with Crippen molar-refractivity contribution in [1.82, 2.24) is 0 Å². The lowest BCUT2D eigenvalue weighted by Gasteiger charge is -2.59. The third-order valence-electron chi connectivity index (χ3n) is 8.11. The Kier molecular flexibility index (Phi) is 4.99. The molecule has 4 atom stereocenters. The van der Waals surface area contributed by atoms with Crippen molar-refractivity contribution in [2.45, 2.75) is 85.7 Å². The Morgan fingerprint density at radius 2 is 2.07 bits per heavy atom. The van der Waals surface area contributed by atoms with Gasteiger partial charge in [0.25, 0.3) is 0 Å². The maximum absolute atomic E-state index is 12.1. The molecule has 3 aliphatic carbocycles. The summed E-state index contributed by atoms with van der Waals surface area (Å²) in [6.45, 7) is 10.8. The van der Waals surface area contributed by atoms with Gasteiger partial charge in [0, 0.05) is 23.0 Å². The standard InChI is InChI=1S/C24H33NO4/c1-6-7-21(26)29-25-20-10-11-24(5)17-13-18-16(14(2)22(27)28-18)12-15(17)8-9-19(24)23(20,3)4/h12,17-19H,6-11,13H2,1-5H3/b25-20+/t17-,18-,19-,24+/m1/s1. The predicted molar refractivity (Wildman–Crippen MR) is 111 cm³/mol. The summed E-state index contributed by atoms with van der Waals surface area (Å²) < 4.78 is 5.67. The van der Waals surface area contributed by atoms with E-state index in [4.69, 9.17) is 9.57 Å². The summed E-state index contributed by atoms with van der Waals surface area (Å²) in [5.74, 6) is 0.480. The van der Waals surface area contributed by atoms with Crippen LogP contribution in [0.4, 0.5) is 0 Å². The summed E-state index contributed by atoms with van der Waals surface area (Å²) >= 11 is 0. The van der Waals surface area contributed by atoms with E-state index in [1.165, 1.54) is 5.57 Å². The summed E-state index contributed by atoms with van der Waals surface area (Å²) in [7, 11) is 0. The van der Waals surface area contributed by atoms with Crippen LogP contribution in [0, 0.1) is 22.7 Å². The molecule has 0 bridgehead atoms. The Morgan fingerprint density at radius 1 is 1.31 bits per heavy atom. The summed E-state index contributed by atoms with van der Waals surface area (Å²) in [4.78, 5) is 29.1. The lowest BCUT2D eigenvalue weighted by atomic mass is 9.45. The highest BCUT2D eigenvalue weighted by Crippen LogP contribution is 2.62. The normalized spacial score (nSPS) is 36.7. The largest absolute Gasteiger partial charge is 0.454 e. The van der Waals surface area contributed by atoms with E-state index < -0.39 is 0 Å². The van der Waals surface area contributed by atoms with Crippen molar-refractivity contribution in [2.75, 3.05) is 0 Å². The van der Waals surface area contributed by atoms with E-state index in [-0.39, 0.29) is 28.9 Å². The molecule has 0 aromatic heterocycles. The maximum Gasteiger partial charge on any atom is 0.334 e. The molecule has 0 N–H and O–H groups in total. The van der Waals surface area contributed by atoms with Gasteiger partial charge in [-0.3, -0.25) is 0 Å². The van der Waals surface area contributed by atoms with Gasteiger partial charge in [-0.05, 0) is 62.7 Å². The van der Waals surface area contributed by atoms with Gasteiger partial charge in [0.2, 0.25) is 0 Å². The van der Waals surface area contributed by atoms with Gasteiger partial charge < -0.3 is 9.57 Å². The van der Waals surface area contributed by atoms with Crippen molar-refractivity contribution in [3.05, 3.63) is 22.8 Å². The van der Waals surface area contributed by atoms with Gasteiger partial charge in [-0.25, -0.2) is 9.59 Å². The second-order valence-corrected chi connectivity index (χ2v) is 10.1. The SMILES string of the molecule is CCCC(=O)O/N=C1\CC[C@@]2(C)[C@@H]3C[C@H]4OC(=O)C(C)=C4C=C3CC[C@@H]2C1(C)C. The van der Waals surface area contributed by atoms with Crippen molar-refractivity contribution >= 4 is 17.7 Å². The van der Waals surface area contributed by atoms with E-state index >= 15 is 0 Å². The second kappa shape index (κ2) is 7.10. The summed E-state index contributed by atoms with van der Waals surface area (Å²) in [5.41, 5.74) is 4.39. The van der Waals surface area contributed by atoms with Crippen LogP contribution < -0.4 is 0 Å². The van der Waals surface area contributed by atoms with Gasteiger partial charge >= 0.3 is 11.9 Å². The van der Waals surface area contributed by atoms with Gasteiger partial charge in [0.15, 0.2) is 0 Å². The van der Waals surface area contributed by atoms with Crippen LogP contribution in [0.5, 0.6) is 0 Å². The van der Waals surface area contributed by atoms with Gasteiger partial charge in [0.1, 0.15) is 6.10 Å². The summed E-state index contributed by atoms with van der Waals surface area (Å²) in [5, 5.41) is 4.33. The van der Waals surface area contributed by atoms with Crippen LogP contribution in [-0.4, -0.2) is 23.8 Å². The van der Waals surface area contributed by atoms with Gasteiger partial charge in [0.05, 0.1) is 5.71 Å². The van der Waals surface area contributed by atoms with E-state index in [0.717, 1.165) is 55.4 Å². The van der Waals surface area contributed by atoms with Crippen molar-refractivity contribution in [2.24, 2.45) is 27.8 Å². The molecule has 1 heterocycles. The average molecular weight is 400 g/mol. The molecule has 1 aliphatic heterocycles. The van der Waals surface area contributed by atoms with E-state index in [9.17, 15) is 9.59 Å². The molecule has 2 fully saturated rings. The van der Waals surface area contributed by atoms with Crippen LogP contribution in [0.1, 0.15) is 79.6 Å². The Bertz CT molecular complexity index is 834. The number of carbonyl (C=O) groups is 2. The lowest BCUT2D eigenvalue weighted by Crippen LogP contribution is -2.54. The smallest absolute Gasteiger partial charge is 0.334 e. The molecule has 29 heavy (non-hydrogen) atoms. The first-order chi connectivity index (χ1) is 13.7. The number of carbonyl (C=O) groups excluding carboxylic acids is 2. The monoisotopic (exact) mass is 399 g/mol. The molecular weight excluding hydrogens is 366 g/mol. The number of rotatable bonds is 3. The number of hydrogen-bond acceptors (Lipinski definition) is 5. The van der Waals surface area contributed by atoms with E-state index in [1.54, 1.807) is 0 Å². The van der Waals surface area contributed by atoms with Gasteiger partial charge in [-0.2, -0.15) is 0 Å². The maximum atomic E-state index is 12.1. The molecule has 5 heteroatoms. The van der Waals surface area contributed by atoms with Gasteiger partial charge in [-0.1, -0.05) is 44.5 Å². The first-order valence-corrected chi connectivity index (χ1v) is 11.1. The quantitative estimate of drug-likeness (QED) is 0.376. The zero-order valence-corrected chi connectivity index (χ0v) is 18.3. The highest BCUT2D eigenvalue weighted by Gasteiger charge is 2.57. The summed E-state index contributed by atoms with van der Waals surface area (Å²) in [6, 6.07) is 0. The second-order valence-electron chi connectivity index (χ2n) is 10.1. The fourth-order valence-electron chi connectivity index (χ4n) is 6.47. The van der Waals surface area contributed by atoms with Crippen molar-refractivity contribution < 1.29 is 19.2 Å². The highest BCUT2D eigenvalue weighted by molar-refractivity contribution is 5.93. The first kappa shape index (κ1) is 20.4. The molecule has 0 aromatic carbocycles. The average Bonchev–Trinajstić information content (AvgIpc) is 2.93. The number of allylic oxidation sites excluding steroid dienone is 1. The van der Waals surface area contributed by atoms with Crippen molar-refractivity contribution in [3.63, 3.8) is 0 Å². The number of nitrogens with zero attached hydrogens (tertiary/aromatic N) is 1. The number of esters is 1. The molecule has 0 aromatic rings. The molecule has 0 spiro atoms. The third-order valence-corrected chi connectivity index (χ3v) is 8.11. The molecular formula is C24H33NO4. The van der Waals surface area contributed by atoms with Crippen LogP contribution in [0.15, 0.2) is 28.0 Å². The highest BCUT2D eigenvalue weighted by atomic mass is 16.7. The van der Waals surface area contributed by atoms with Crippen LogP contribution in [0.2, 0.25) is 0 Å². The van der Waals surface area contributed by atoms with Crippen LogP contribution in [-0.2, 0) is 19.2 Å². The van der Waals surface area contributed by atoms with Crippen molar-refractivity contribution in [3.8, 4) is 0 Å². The Hall–Kier alpha value is -1.91. The number of fused-ring (bicyclic) bond motifs is 4. The Balaban J connectivity index is 1.60. The lowest BCUT2D eigenvalue weighted by molar-refractivity contribution is -0.144. The molecule has 0 amide bonds. The topological polar surface area (TPSA) is 65.0 Å². The number of ether oxygens (including phenoxy) is 1. The molecule has 158 valence electrons. The zero-order valence-electron chi connectivity index (χ0n) is 18.3. The minimum atomic E-state index is -0.247. The van der Waals surface area contributed by atoms with Crippen molar-refractivity contribution in [1.29, 1.82) is 0 Å². The Morgan fingerprint density at radius 3 is 2.79 bits per heavy atom. The molecule has 0 radical (unpaired) electrons. The molecule has 4 aliphatic rings. The first-order valence-electron chi connectivity index (χ1n) is 11.1. The Labute approximate surface area is 173 Å². The van der Waals surface area contributed by atoms with E-state index in [2.05, 4.69) is 32.0 Å². The molecule has 0 saturated heterocycles. The molecule has 5 nitrogen and oxygen atoms in total. The van der Waals surface area contributed by atoms with Crippen LogP contribution in [0.3, 0.4) is 0 Å². The van der Waals surface area contributed by atoms with Crippen LogP contribution in [0.25, 0.3) is 0 Å². The molecule has 4 rings (SSSR count). The molecule has 2 saturated carbocycles. The predicted octanol–water partition coefficient (Wildman–Crippen LogP) is 5.11. The van der Waals surface area contributed by atoms with Gasteiger partial charge in [-0.15, -0.1) is 0 Å². The fourth-order valence-corrected chi connectivity index (χ4v) is 6.47.